The zero-order valence-corrected chi connectivity index (χ0v) is 15.9. The highest BCUT2D eigenvalue weighted by Gasteiger charge is 2.17. The molecule has 0 aromatic heterocycles. The summed E-state index contributed by atoms with van der Waals surface area (Å²) in [6.07, 6.45) is -0.657. The first-order valence-corrected chi connectivity index (χ1v) is 8.52. The molecule has 2 aromatic carbocycles. The van der Waals surface area contributed by atoms with Crippen LogP contribution in [0.3, 0.4) is 0 Å². The molecule has 6 nitrogen and oxygen atoms in total. The summed E-state index contributed by atoms with van der Waals surface area (Å²) in [4.78, 5) is 23.0. The zero-order valence-electron chi connectivity index (χ0n) is 15.9. The average molecular weight is 373 g/mol. The third-order valence-electron chi connectivity index (χ3n) is 3.37. The minimum absolute atomic E-state index is 0.134. The second-order valence-corrected chi connectivity index (χ2v) is 7.05. The quantitative estimate of drug-likeness (QED) is 0.707. The third kappa shape index (κ3) is 6.97. The molecule has 0 fully saturated rings. The standard InChI is InChI=1S/C20H24FN3O3/c1-13(25)23-16-8-5-14(6-9-16)12-22-17-10-7-15(21)11-18(17)24-19(26)27-20(2,3)4/h5-11,22H,12H2,1-4H3,(H,23,25)(H,24,26). The fraction of sp³-hybridized carbons (Fsp3) is 0.300. The highest BCUT2D eigenvalue weighted by Crippen LogP contribution is 2.24. The number of ether oxygens (including phenoxy) is 1. The Morgan fingerprint density at radius 3 is 2.26 bits per heavy atom. The van der Waals surface area contributed by atoms with Crippen molar-refractivity contribution in [3.63, 3.8) is 0 Å². The summed E-state index contributed by atoms with van der Waals surface area (Å²) in [6, 6.07) is 11.4. The maximum atomic E-state index is 13.6. The van der Waals surface area contributed by atoms with E-state index in [1.807, 2.05) is 12.1 Å². The number of halogens is 1. The second-order valence-electron chi connectivity index (χ2n) is 7.05. The first-order chi connectivity index (χ1) is 12.6. The first-order valence-electron chi connectivity index (χ1n) is 8.52. The Hall–Kier alpha value is -3.09. The van der Waals surface area contributed by atoms with Crippen molar-refractivity contribution >= 4 is 29.1 Å². The van der Waals surface area contributed by atoms with Crippen LogP contribution in [0.1, 0.15) is 33.3 Å². The highest BCUT2D eigenvalue weighted by atomic mass is 19.1. The van der Waals surface area contributed by atoms with Crippen LogP contribution in [-0.2, 0) is 16.1 Å². The molecular weight excluding hydrogens is 349 g/mol. The van der Waals surface area contributed by atoms with Crippen LogP contribution in [-0.4, -0.2) is 17.6 Å². The normalized spacial score (nSPS) is 10.9. The molecule has 0 saturated carbocycles. The Labute approximate surface area is 158 Å². The van der Waals surface area contributed by atoms with Crippen LogP contribution < -0.4 is 16.0 Å². The Bertz CT molecular complexity index is 814. The number of amides is 2. The van der Waals surface area contributed by atoms with Gasteiger partial charge >= 0.3 is 6.09 Å². The lowest BCUT2D eigenvalue weighted by atomic mass is 10.2. The molecule has 2 aromatic rings. The number of hydrogen-bond acceptors (Lipinski definition) is 4. The number of carbonyl (C=O) groups is 2. The lowest BCUT2D eigenvalue weighted by Crippen LogP contribution is -2.27. The largest absolute Gasteiger partial charge is 0.444 e. The van der Waals surface area contributed by atoms with Crippen molar-refractivity contribution in [3.05, 3.63) is 53.8 Å². The van der Waals surface area contributed by atoms with Gasteiger partial charge in [0.15, 0.2) is 0 Å². The Morgan fingerprint density at radius 2 is 1.67 bits per heavy atom. The molecule has 0 spiro atoms. The van der Waals surface area contributed by atoms with E-state index in [1.54, 1.807) is 39.0 Å². The number of anilines is 3. The molecule has 0 aliphatic carbocycles. The molecule has 0 unspecified atom stereocenters. The molecule has 0 atom stereocenters. The van der Waals surface area contributed by atoms with Crippen molar-refractivity contribution in [1.29, 1.82) is 0 Å². The molecule has 27 heavy (non-hydrogen) atoms. The molecule has 0 aliphatic heterocycles. The Kier molecular flexibility index (Phi) is 6.39. The van der Waals surface area contributed by atoms with E-state index in [4.69, 9.17) is 4.74 Å². The van der Waals surface area contributed by atoms with Crippen LogP contribution in [0.2, 0.25) is 0 Å². The van der Waals surface area contributed by atoms with Crippen LogP contribution in [0.5, 0.6) is 0 Å². The summed E-state index contributed by atoms with van der Waals surface area (Å²) in [5, 5.41) is 8.42. The molecular formula is C20H24FN3O3. The first kappa shape index (κ1) is 20.2. The van der Waals surface area contributed by atoms with Gasteiger partial charge in [0.25, 0.3) is 0 Å². The van der Waals surface area contributed by atoms with Gasteiger partial charge in [-0.2, -0.15) is 0 Å². The molecule has 2 rings (SSSR count). The number of rotatable bonds is 5. The van der Waals surface area contributed by atoms with Crippen molar-refractivity contribution in [2.24, 2.45) is 0 Å². The minimum Gasteiger partial charge on any atom is -0.444 e. The maximum absolute atomic E-state index is 13.6. The van der Waals surface area contributed by atoms with Crippen LogP contribution in [0, 0.1) is 5.82 Å². The second kappa shape index (κ2) is 8.53. The van der Waals surface area contributed by atoms with Crippen LogP contribution in [0.15, 0.2) is 42.5 Å². The van der Waals surface area contributed by atoms with E-state index < -0.39 is 17.5 Å². The van der Waals surface area contributed by atoms with Gasteiger partial charge in [-0.15, -0.1) is 0 Å². The summed E-state index contributed by atoms with van der Waals surface area (Å²) in [6.45, 7) is 7.16. The minimum atomic E-state index is -0.657. The van der Waals surface area contributed by atoms with Crippen LogP contribution >= 0.6 is 0 Å². The van der Waals surface area contributed by atoms with Crippen LogP contribution in [0.4, 0.5) is 26.2 Å². The van der Waals surface area contributed by atoms with Crippen molar-refractivity contribution in [2.75, 3.05) is 16.0 Å². The van der Waals surface area contributed by atoms with Gasteiger partial charge in [-0.05, 0) is 56.7 Å². The predicted octanol–water partition coefficient (Wildman–Crippen LogP) is 4.74. The smallest absolute Gasteiger partial charge is 0.412 e. The average Bonchev–Trinajstić information content (AvgIpc) is 2.53. The Morgan fingerprint density at radius 1 is 1.00 bits per heavy atom. The fourth-order valence-electron chi connectivity index (χ4n) is 2.29. The van der Waals surface area contributed by atoms with Gasteiger partial charge < -0.3 is 15.4 Å². The van der Waals surface area contributed by atoms with Crippen molar-refractivity contribution in [2.45, 2.75) is 39.8 Å². The number of nitrogens with one attached hydrogen (secondary N) is 3. The molecule has 2 amide bonds. The molecule has 0 aliphatic rings. The van der Waals surface area contributed by atoms with Gasteiger partial charge in [0, 0.05) is 19.2 Å². The van der Waals surface area contributed by atoms with Crippen molar-refractivity contribution in [3.8, 4) is 0 Å². The molecule has 7 heteroatoms. The van der Waals surface area contributed by atoms with E-state index in [0.29, 0.717) is 23.6 Å². The van der Waals surface area contributed by atoms with Crippen molar-refractivity contribution in [1.82, 2.24) is 0 Å². The lowest BCUT2D eigenvalue weighted by Gasteiger charge is -2.20. The molecule has 0 bridgehead atoms. The van der Waals surface area contributed by atoms with Gasteiger partial charge in [0.2, 0.25) is 5.91 Å². The van der Waals surface area contributed by atoms with E-state index in [1.165, 1.54) is 19.1 Å². The molecule has 3 N–H and O–H groups in total. The van der Waals surface area contributed by atoms with Gasteiger partial charge in [-0.25, -0.2) is 9.18 Å². The van der Waals surface area contributed by atoms with Crippen molar-refractivity contribution < 1.29 is 18.7 Å². The van der Waals surface area contributed by atoms with E-state index in [0.717, 1.165) is 5.56 Å². The number of carbonyl (C=O) groups excluding carboxylic acids is 2. The predicted molar refractivity (Wildman–Crippen MR) is 104 cm³/mol. The van der Waals surface area contributed by atoms with Gasteiger partial charge in [0.05, 0.1) is 11.4 Å². The topological polar surface area (TPSA) is 79.5 Å². The fourth-order valence-corrected chi connectivity index (χ4v) is 2.29. The summed E-state index contributed by atoms with van der Waals surface area (Å²) < 4.78 is 18.8. The van der Waals surface area contributed by atoms with Crippen LogP contribution in [0.25, 0.3) is 0 Å². The molecule has 0 saturated heterocycles. The third-order valence-corrected chi connectivity index (χ3v) is 3.37. The van der Waals surface area contributed by atoms with E-state index in [2.05, 4.69) is 16.0 Å². The van der Waals surface area contributed by atoms with E-state index in [9.17, 15) is 14.0 Å². The monoisotopic (exact) mass is 373 g/mol. The summed E-state index contributed by atoms with van der Waals surface area (Å²) in [5.74, 6) is -0.601. The molecule has 144 valence electrons. The summed E-state index contributed by atoms with van der Waals surface area (Å²) >= 11 is 0. The lowest BCUT2D eigenvalue weighted by molar-refractivity contribution is -0.114. The van der Waals surface area contributed by atoms with Gasteiger partial charge in [0.1, 0.15) is 11.4 Å². The number of hydrogen-bond donors (Lipinski definition) is 3. The van der Waals surface area contributed by atoms with E-state index >= 15 is 0 Å². The molecule has 0 radical (unpaired) electrons. The van der Waals surface area contributed by atoms with Gasteiger partial charge in [-0.1, -0.05) is 12.1 Å². The maximum Gasteiger partial charge on any atom is 0.412 e. The number of benzene rings is 2. The SMILES string of the molecule is CC(=O)Nc1ccc(CNc2ccc(F)cc2NC(=O)OC(C)(C)C)cc1. The Balaban J connectivity index is 2.05. The van der Waals surface area contributed by atoms with Gasteiger partial charge in [-0.3, -0.25) is 10.1 Å². The van der Waals surface area contributed by atoms with E-state index in [-0.39, 0.29) is 5.91 Å². The highest BCUT2D eigenvalue weighted by molar-refractivity contribution is 5.90. The molecule has 0 heterocycles. The summed E-state index contributed by atoms with van der Waals surface area (Å²) in [7, 11) is 0. The zero-order chi connectivity index (χ0) is 20.0. The summed E-state index contributed by atoms with van der Waals surface area (Å²) in [5.41, 5.74) is 1.87.